The first-order valence-corrected chi connectivity index (χ1v) is 7.66. The van der Waals surface area contributed by atoms with Gasteiger partial charge in [-0.15, -0.1) is 0 Å². The van der Waals surface area contributed by atoms with E-state index in [-0.39, 0.29) is 17.7 Å². The van der Waals surface area contributed by atoms with Gasteiger partial charge in [-0.3, -0.25) is 9.48 Å². The molecule has 0 radical (unpaired) electrons. The van der Waals surface area contributed by atoms with E-state index in [1.807, 2.05) is 25.8 Å². The number of hydrogen-bond donors (Lipinski definition) is 0. The molecular weight excluding hydrogens is 282 g/mol. The number of nitrogens with zero attached hydrogens (tertiary/aromatic N) is 5. The summed E-state index contributed by atoms with van der Waals surface area (Å²) < 4.78 is 7.03. The number of carbonyl (C=O) groups excluding carboxylic acids is 1. The van der Waals surface area contributed by atoms with Crippen LogP contribution < -0.4 is 0 Å². The summed E-state index contributed by atoms with van der Waals surface area (Å²) in [6, 6.07) is 0. The second-order valence-corrected chi connectivity index (χ2v) is 6.14. The van der Waals surface area contributed by atoms with Gasteiger partial charge in [-0.25, -0.2) is 0 Å². The van der Waals surface area contributed by atoms with E-state index < -0.39 is 0 Å². The maximum Gasteiger partial charge on any atom is 0.257 e. The summed E-state index contributed by atoms with van der Waals surface area (Å²) in [5.41, 5.74) is 0.622. The van der Waals surface area contributed by atoms with E-state index in [0.717, 1.165) is 25.2 Å². The highest BCUT2D eigenvalue weighted by atomic mass is 16.5. The van der Waals surface area contributed by atoms with Crippen LogP contribution in [0.4, 0.5) is 0 Å². The molecule has 0 saturated carbocycles. The molecule has 3 rings (SSSR count). The van der Waals surface area contributed by atoms with Crippen molar-refractivity contribution in [1.82, 2.24) is 24.8 Å². The minimum Gasteiger partial charge on any atom is -0.339 e. The third kappa shape index (κ3) is 2.88. The maximum absolute atomic E-state index is 12.5. The van der Waals surface area contributed by atoms with E-state index in [1.165, 1.54) is 0 Å². The average Bonchev–Trinajstić information content (AvgIpc) is 3.15. The van der Waals surface area contributed by atoms with Crippen molar-refractivity contribution in [3.8, 4) is 0 Å². The Hall–Kier alpha value is -2.18. The zero-order valence-electron chi connectivity index (χ0n) is 13.2. The number of aromatic nitrogens is 4. The molecule has 22 heavy (non-hydrogen) atoms. The van der Waals surface area contributed by atoms with Gasteiger partial charge in [0.05, 0.1) is 17.7 Å². The molecule has 0 spiro atoms. The summed E-state index contributed by atoms with van der Waals surface area (Å²) in [6.07, 6.45) is 5.26. The van der Waals surface area contributed by atoms with Crippen LogP contribution in [-0.4, -0.2) is 43.8 Å². The minimum atomic E-state index is 0.0152. The molecule has 1 aliphatic rings. The van der Waals surface area contributed by atoms with E-state index in [4.69, 9.17) is 4.52 Å². The molecular formula is C15H21N5O2. The summed E-state index contributed by atoms with van der Waals surface area (Å²) in [5, 5.41) is 8.08. The first-order chi connectivity index (χ1) is 10.5. The first-order valence-electron chi connectivity index (χ1n) is 7.66. The molecule has 7 nitrogen and oxygen atoms in total. The first kappa shape index (κ1) is 14.7. The van der Waals surface area contributed by atoms with Crippen LogP contribution in [0.15, 0.2) is 16.9 Å². The highest BCUT2D eigenvalue weighted by Gasteiger charge is 2.29. The topological polar surface area (TPSA) is 77.0 Å². The number of hydrogen-bond acceptors (Lipinski definition) is 5. The zero-order chi connectivity index (χ0) is 15.7. The lowest BCUT2D eigenvalue weighted by molar-refractivity contribution is 0.0695. The van der Waals surface area contributed by atoms with Gasteiger partial charge in [0.25, 0.3) is 5.91 Å². The highest BCUT2D eigenvalue weighted by molar-refractivity contribution is 5.93. The molecule has 3 heterocycles. The molecule has 0 N–H and O–H groups in total. The van der Waals surface area contributed by atoms with Gasteiger partial charge in [0.2, 0.25) is 5.89 Å². The molecule has 2 aromatic rings. The van der Waals surface area contributed by atoms with E-state index in [0.29, 0.717) is 18.0 Å². The van der Waals surface area contributed by atoms with Crippen LogP contribution in [0.2, 0.25) is 0 Å². The van der Waals surface area contributed by atoms with E-state index in [9.17, 15) is 4.79 Å². The molecule has 2 aromatic heterocycles. The van der Waals surface area contributed by atoms with Crippen molar-refractivity contribution in [2.75, 3.05) is 13.1 Å². The normalized spacial score (nSPS) is 18.9. The fraction of sp³-hybridized carbons (Fsp3) is 0.600. The fourth-order valence-electron chi connectivity index (χ4n) is 2.72. The Kier molecular flexibility index (Phi) is 3.96. The Morgan fingerprint density at radius 3 is 2.91 bits per heavy atom. The molecule has 118 valence electrons. The van der Waals surface area contributed by atoms with Gasteiger partial charge in [0.15, 0.2) is 5.82 Å². The largest absolute Gasteiger partial charge is 0.339 e. The Morgan fingerprint density at radius 1 is 1.45 bits per heavy atom. The number of aryl methyl sites for hydroxylation is 1. The van der Waals surface area contributed by atoms with Gasteiger partial charge in [-0.05, 0) is 12.8 Å². The standard InChI is InChI=1S/C15H21N5O2/c1-10(2)13-17-14(22-18-13)11-5-4-6-20(9-11)15(21)12-7-16-19(3)8-12/h7-8,10-11H,4-6,9H2,1-3H3/t11-/m1/s1. The monoisotopic (exact) mass is 303 g/mol. The Bertz CT molecular complexity index is 660. The SMILES string of the molecule is CC(C)c1noc([C@@H]2CCCN(C(=O)c3cnn(C)c3)C2)n1. The Balaban J connectivity index is 1.72. The fourth-order valence-corrected chi connectivity index (χ4v) is 2.72. The molecule has 0 aromatic carbocycles. The lowest BCUT2D eigenvalue weighted by atomic mass is 9.97. The summed E-state index contributed by atoms with van der Waals surface area (Å²) in [6.45, 7) is 5.45. The minimum absolute atomic E-state index is 0.0152. The van der Waals surface area contributed by atoms with Crippen molar-refractivity contribution in [2.45, 2.75) is 38.5 Å². The number of carbonyl (C=O) groups is 1. The van der Waals surface area contributed by atoms with Crippen molar-refractivity contribution in [1.29, 1.82) is 0 Å². The van der Waals surface area contributed by atoms with Crippen LogP contribution in [0.5, 0.6) is 0 Å². The summed E-state index contributed by atoms with van der Waals surface area (Å²) in [5.74, 6) is 1.75. The van der Waals surface area contributed by atoms with Crippen LogP contribution in [-0.2, 0) is 7.05 Å². The summed E-state index contributed by atoms with van der Waals surface area (Å²) in [4.78, 5) is 18.8. The number of piperidine rings is 1. The molecule has 1 atom stereocenters. The van der Waals surface area contributed by atoms with Crippen LogP contribution >= 0.6 is 0 Å². The van der Waals surface area contributed by atoms with Crippen LogP contribution in [0.1, 0.15) is 60.6 Å². The van der Waals surface area contributed by atoms with E-state index in [2.05, 4.69) is 15.2 Å². The highest BCUT2D eigenvalue weighted by Crippen LogP contribution is 2.27. The second kappa shape index (κ2) is 5.90. The van der Waals surface area contributed by atoms with E-state index >= 15 is 0 Å². The smallest absolute Gasteiger partial charge is 0.257 e. The number of likely N-dealkylation sites (tertiary alicyclic amines) is 1. The van der Waals surface area contributed by atoms with Crippen LogP contribution in [0.3, 0.4) is 0 Å². The van der Waals surface area contributed by atoms with Crippen LogP contribution in [0, 0.1) is 0 Å². The van der Waals surface area contributed by atoms with Crippen molar-refractivity contribution in [3.63, 3.8) is 0 Å². The summed E-state index contributed by atoms with van der Waals surface area (Å²) >= 11 is 0. The van der Waals surface area contributed by atoms with Crippen molar-refractivity contribution >= 4 is 5.91 Å². The van der Waals surface area contributed by atoms with Crippen molar-refractivity contribution in [2.24, 2.45) is 7.05 Å². The molecule has 0 bridgehead atoms. The quantitative estimate of drug-likeness (QED) is 0.866. The van der Waals surface area contributed by atoms with Gasteiger partial charge in [0, 0.05) is 32.3 Å². The van der Waals surface area contributed by atoms with E-state index in [1.54, 1.807) is 17.1 Å². The molecule has 1 saturated heterocycles. The number of amides is 1. The van der Waals surface area contributed by atoms with Gasteiger partial charge in [-0.2, -0.15) is 10.1 Å². The Morgan fingerprint density at radius 2 is 2.27 bits per heavy atom. The third-order valence-corrected chi connectivity index (χ3v) is 3.98. The molecule has 0 aliphatic carbocycles. The Labute approximate surface area is 129 Å². The molecule has 0 unspecified atom stereocenters. The van der Waals surface area contributed by atoms with Gasteiger partial charge in [0.1, 0.15) is 0 Å². The predicted octanol–water partition coefficient (Wildman–Crippen LogP) is 1.95. The lowest BCUT2D eigenvalue weighted by Gasteiger charge is -2.30. The zero-order valence-corrected chi connectivity index (χ0v) is 13.2. The molecule has 1 aliphatic heterocycles. The molecule has 7 heteroatoms. The van der Waals surface area contributed by atoms with Gasteiger partial charge in [-0.1, -0.05) is 19.0 Å². The molecule has 1 amide bonds. The second-order valence-electron chi connectivity index (χ2n) is 6.14. The summed E-state index contributed by atoms with van der Waals surface area (Å²) in [7, 11) is 1.81. The number of rotatable bonds is 3. The maximum atomic E-state index is 12.5. The van der Waals surface area contributed by atoms with Crippen molar-refractivity contribution in [3.05, 3.63) is 29.7 Å². The average molecular weight is 303 g/mol. The predicted molar refractivity (Wildman–Crippen MR) is 79.5 cm³/mol. The van der Waals surface area contributed by atoms with Gasteiger partial charge >= 0.3 is 0 Å². The van der Waals surface area contributed by atoms with Crippen molar-refractivity contribution < 1.29 is 9.32 Å². The molecule has 1 fully saturated rings. The lowest BCUT2D eigenvalue weighted by Crippen LogP contribution is -2.39. The third-order valence-electron chi connectivity index (χ3n) is 3.98. The van der Waals surface area contributed by atoms with Gasteiger partial charge < -0.3 is 9.42 Å². The van der Waals surface area contributed by atoms with Crippen LogP contribution in [0.25, 0.3) is 0 Å².